The van der Waals surface area contributed by atoms with E-state index < -0.39 is 0 Å². The van der Waals surface area contributed by atoms with E-state index in [-0.39, 0.29) is 5.91 Å². The Morgan fingerprint density at radius 1 is 1.00 bits per heavy atom. The van der Waals surface area contributed by atoms with E-state index in [9.17, 15) is 4.79 Å². The van der Waals surface area contributed by atoms with Crippen LogP contribution in [-0.4, -0.2) is 57.2 Å². The van der Waals surface area contributed by atoms with Gasteiger partial charge in [0.25, 0.3) is 0 Å². The van der Waals surface area contributed by atoms with Gasteiger partial charge in [0, 0.05) is 39.1 Å². The predicted molar refractivity (Wildman–Crippen MR) is 113 cm³/mol. The lowest BCUT2D eigenvalue weighted by atomic mass is 10.2. The minimum absolute atomic E-state index is 0.00798. The Balaban J connectivity index is 1.46. The zero-order valence-electron chi connectivity index (χ0n) is 16.7. The first-order valence-electron chi connectivity index (χ1n) is 9.83. The van der Waals surface area contributed by atoms with Crippen molar-refractivity contribution in [3.63, 3.8) is 0 Å². The molecular formula is C22H29N3O3. The molecule has 1 heterocycles. The summed E-state index contributed by atoms with van der Waals surface area (Å²) in [5.41, 5.74) is 1.87. The molecule has 0 spiro atoms. The number of carbonyl (C=O) groups is 1. The number of carbonyl (C=O) groups excluding carboxylic acids is 1. The Kier molecular flexibility index (Phi) is 7.14. The number of hydrogen-bond donors (Lipinski definition) is 1. The highest BCUT2D eigenvalue weighted by molar-refractivity contribution is 5.92. The molecule has 1 fully saturated rings. The van der Waals surface area contributed by atoms with Gasteiger partial charge < -0.3 is 19.7 Å². The van der Waals surface area contributed by atoms with Crippen molar-refractivity contribution in [1.82, 2.24) is 4.90 Å². The van der Waals surface area contributed by atoms with Gasteiger partial charge in [0.2, 0.25) is 5.91 Å². The van der Waals surface area contributed by atoms with E-state index in [1.54, 1.807) is 7.11 Å². The number of benzene rings is 2. The maximum absolute atomic E-state index is 12.3. The van der Waals surface area contributed by atoms with Crippen LogP contribution in [0.15, 0.2) is 48.5 Å². The van der Waals surface area contributed by atoms with Crippen LogP contribution in [0.2, 0.25) is 0 Å². The average Bonchev–Trinajstić information content (AvgIpc) is 2.74. The SMILES string of the molecule is CCOc1ccccc1N1CCN(CCC(=O)Nc2ccccc2OC)CC1. The van der Waals surface area contributed by atoms with E-state index in [4.69, 9.17) is 9.47 Å². The number of para-hydroxylation sites is 4. The molecule has 2 aromatic carbocycles. The van der Waals surface area contributed by atoms with Crippen molar-refractivity contribution < 1.29 is 14.3 Å². The van der Waals surface area contributed by atoms with Gasteiger partial charge in [-0.2, -0.15) is 0 Å². The lowest BCUT2D eigenvalue weighted by Gasteiger charge is -2.36. The minimum atomic E-state index is 0.00798. The van der Waals surface area contributed by atoms with E-state index in [1.165, 1.54) is 0 Å². The fraction of sp³-hybridized carbons (Fsp3) is 0.409. The van der Waals surface area contributed by atoms with Gasteiger partial charge in [-0.15, -0.1) is 0 Å². The Morgan fingerprint density at radius 3 is 2.39 bits per heavy atom. The van der Waals surface area contributed by atoms with Crippen molar-refractivity contribution in [3.8, 4) is 11.5 Å². The number of nitrogens with one attached hydrogen (secondary N) is 1. The van der Waals surface area contributed by atoms with Crippen LogP contribution in [0.4, 0.5) is 11.4 Å². The van der Waals surface area contributed by atoms with E-state index >= 15 is 0 Å². The summed E-state index contributed by atoms with van der Waals surface area (Å²) >= 11 is 0. The van der Waals surface area contributed by atoms with Gasteiger partial charge in [-0.3, -0.25) is 9.69 Å². The fourth-order valence-electron chi connectivity index (χ4n) is 3.43. The zero-order valence-corrected chi connectivity index (χ0v) is 16.7. The molecular weight excluding hydrogens is 354 g/mol. The van der Waals surface area contributed by atoms with Crippen molar-refractivity contribution in [1.29, 1.82) is 0 Å². The lowest BCUT2D eigenvalue weighted by molar-refractivity contribution is -0.116. The lowest BCUT2D eigenvalue weighted by Crippen LogP contribution is -2.47. The molecule has 6 nitrogen and oxygen atoms in total. The van der Waals surface area contributed by atoms with Gasteiger partial charge >= 0.3 is 0 Å². The molecule has 0 atom stereocenters. The van der Waals surface area contributed by atoms with E-state index in [0.717, 1.165) is 44.2 Å². The van der Waals surface area contributed by atoms with Crippen molar-refractivity contribution in [2.24, 2.45) is 0 Å². The summed E-state index contributed by atoms with van der Waals surface area (Å²) < 4.78 is 11.0. The highest BCUT2D eigenvalue weighted by Gasteiger charge is 2.20. The topological polar surface area (TPSA) is 54.0 Å². The summed E-state index contributed by atoms with van der Waals surface area (Å²) in [6, 6.07) is 15.7. The van der Waals surface area contributed by atoms with Crippen molar-refractivity contribution in [2.75, 3.05) is 56.7 Å². The van der Waals surface area contributed by atoms with Crippen LogP contribution in [0.3, 0.4) is 0 Å². The number of piperazine rings is 1. The van der Waals surface area contributed by atoms with Crippen LogP contribution in [0.5, 0.6) is 11.5 Å². The third-order valence-electron chi connectivity index (χ3n) is 4.91. The third kappa shape index (κ3) is 5.16. The number of methoxy groups -OCH3 is 1. The number of rotatable bonds is 8. The second kappa shape index (κ2) is 9.99. The maximum atomic E-state index is 12.3. The smallest absolute Gasteiger partial charge is 0.225 e. The Labute approximate surface area is 167 Å². The molecule has 150 valence electrons. The third-order valence-corrected chi connectivity index (χ3v) is 4.91. The largest absolute Gasteiger partial charge is 0.495 e. The zero-order chi connectivity index (χ0) is 19.8. The number of anilines is 2. The molecule has 1 N–H and O–H groups in total. The highest BCUT2D eigenvalue weighted by Crippen LogP contribution is 2.29. The molecule has 0 aliphatic carbocycles. The van der Waals surface area contributed by atoms with Gasteiger partial charge in [0.1, 0.15) is 11.5 Å². The normalized spacial score (nSPS) is 14.6. The second-order valence-electron chi connectivity index (χ2n) is 6.73. The summed E-state index contributed by atoms with van der Waals surface area (Å²) in [6.07, 6.45) is 0.466. The number of hydrogen-bond acceptors (Lipinski definition) is 5. The Hall–Kier alpha value is -2.73. The van der Waals surface area contributed by atoms with Gasteiger partial charge in [0.15, 0.2) is 0 Å². The summed E-state index contributed by atoms with van der Waals surface area (Å²) in [6.45, 7) is 7.15. The first-order valence-corrected chi connectivity index (χ1v) is 9.83. The van der Waals surface area contributed by atoms with Crippen molar-refractivity contribution in [3.05, 3.63) is 48.5 Å². The fourth-order valence-corrected chi connectivity index (χ4v) is 3.43. The van der Waals surface area contributed by atoms with Gasteiger partial charge in [0.05, 0.1) is 25.1 Å². The van der Waals surface area contributed by atoms with Crippen LogP contribution in [0.25, 0.3) is 0 Å². The molecule has 1 aliphatic heterocycles. The molecule has 1 amide bonds. The summed E-state index contributed by atoms with van der Waals surface area (Å²) in [7, 11) is 1.61. The molecule has 0 saturated carbocycles. The molecule has 0 aromatic heterocycles. The highest BCUT2D eigenvalue weighted by atomic mass is 16.5. The molecule has 28 heavy (non-hydrogen) atoms. The van der Waals surface area contributed by atoms with Crippen LogP contribution in [-0.2, 0) is 4.79 Å². The maximum Gasteiger partial charge on any atom is 0.225 e. The van der Waals surface area contributed by atoms with Gasteiger partial charge in [-0.1, -0.05) is 24.3 Å². The van der Waals surface area contributed by atoms with E-state index in [0.29, 0.717) is 24.5 Å². The molecule has 3 rings (SSSR count). The monoisotopic (exact) mass is 383 g/mol. The van der Waals surface area contributed by atoms with Crippen molar-refractivity contribution >= 4 is 17.3 Å². The Bertz CT molecular complexity index is 773. The molecule has 0 unspecified atom stereocenters. The van der Waals surface area contributed by atoms with Crippen LogP contribution in [0, 0.1) is 0 Å². The number of amides is 1. The number of ether oxygens (including phenoxy) is 2. The molecule has 2 aromatic rings. The number of nitrogens with zero attached hydrogens (tertiary/aromatic N) is 2. The van der Waals surface area contributed by atoms with Gasteiger partial charge in [-0.05, 0) is 31.2 Å². The predicted octanol–water partition coefficient (Wildman–Crippen LogP) is 3.24. The molecule has 0 radical (unpaired) electrons. The van der Waals surface area contributed by atoms with Crippen LogP contribution >= 0.6 is 0 Å². The van der Waals surface area contributed by atoms with Crippen molar-refractivity contribution in [2.45, 2.75) is 13.3 Å². The molecule has 0 bridgehead atoms. The average molecular weight is 383 g/mol. The second-order valence-corrected chi connectivity index (χ2v) is 6.73. The summed E-state index contributed by atoms with van der Waals surface area (Å²) in [5, 5.41) is 2.94. The molecule has 1 saturated heterocycles. The van der Waals surface area contributed by atoms with Crippen LogP contribution in [0.1, 0.15) is 13.3 Å². The van der Waals surface area contributed by atoms with Crippen LogP contribution < -0.4 is 19.7 Å². The Morgan fingerprint density at radius 2 is 1.68 bits per heavy atom. The first-order chi connectivity index (χ1) is 13.7. The van der Waals surface area contributed by atoms with E-state index in [1.807, 2.05) is 49.4 Å². The van der Waals surface area contributed by atoms with Gasteiger partial charge in [-0.25, -0.2) is 0 Å². The summed E-state index contributed by atoms with van der Waals surface area (Å²) in [4.78, 5) is 17.0. The first kappa shape index (κ1) is 20.0. The molecule has 6 heteroatoms. The standard InChI is InChI=1S/C22H29N3O3/c1-3-28-21-11-7-5-9-19(21)25-16-14-24(15-17-25)13-12-22(26)23-18-8-4-6-10-20(18)27-2/h4-11H,3,12-17H2,1-2H3,(H,23,26). The minimum Gasteiger partial charge on any atom is -0.495 e. The quantitative estimate of drug-likeness (QED) is 0.758. The molecule has 1 aliphatic rings. The summed E-state index contributed by atoms with van der Waals surface area (Å²) in [5.74, 6) is 1.63. The van der Waals surface area contributed by atoms with E-state index in [2.05, 4.69) is 21.2 Å².